The smallest absolute Gasteiger partial charge is 0.210 e. The van der Waals surface area contributed by atoms with Crippen molar-refractivity contribution in [3.05, 3.63) is 35.4 Å². The van der Waals surface area contributed by atoms with E-state index < -0.39 is 0 Å². The molecule has 1 aromatic rings. The van der Waals surface area contributed by atoms with Gasteiger partial charge in [0.05, 0.1) is 6.04 Å². The molecule has 3 nitrogen and oxygen atoms in total. The van der Waals surface area contributed by atoms with Crippen LogP contribution in [0.1, 0.15) is 30.9 Å². The van der Waals surface area contributed by atoms with Crippen molar-refractivity contribution in [1.82, 2.24) is 4.90 Å². The van der Waals surface area contributed by atoms with Crippen LogP contribution in [0, 0.1) is 12.8 Å². The van der Waals surface area contributed by atoms with Gasteiger partial charge in [0.1, 0.15) is 0 Å². The Bertz CT molecular complexity index is 452. The number of Topliss-reactive ketones (excluding diaryl/α,β-unsaturated/α-hetero) is 1. The summed E-state index contributed by atoms with van der Waals surface area (Å²) in [5, 5.41) is 0. The molecule has 1 unspecified atom stereocenters. The minimum absolute atomic E-state index is 0.0955. The highest BCUT2D eigenvalue weighted by molar-refractivity contribution is 5.84. The van der Waals surface area contributed by atoms with E-state index in [1.54, 1.807) is 11.8 Å². The molecule has 0 heterocycles. The molecule has 3 heteroatoms. The Kier molecular flexibility index (Phi) is 3.80. The fourth-order valence-corrected chi connectivity index (χ4v) is 2.43. The van der Waals surface area contributed by atoms with E-state index in [1.165, 1.54) is 0 Å². The molecule has 1 saturated carbocycles. The van der Waals surface area contributed by atoms with Crippen LogP contribution >= 0.6 is 0 Å². The molecule has 0 bridgehead atoms. The maximum absolute atomic E-state index is 11.7. The molecule has 1 fully saturated rings. The normalized spacial score (nSPS) is 16.1. The Balaban J connectivity index is 2.16. The largest absolute Gasteiger partial charge is 0.331 e. The first-order chi connectivity index (χ1) is 8.63. The van der Waals surface area contributed by atoms with Crippen molar-refractivity contribution >= 4 is 12.2 Å². The molecule has 1 aliphatic rings. The van der Waals surface area contributed by atoms with Crippen molar-refractivity contribution in [2.24, 2.45) is 5.92 Å². The molecule has 1 atom stereocenters. The minimum atomic E-state index is -0.234. The molecule has 1 aromatic carbocycles. The second-order valence-corrected chi connectivity index (χ2v) is 5.10. The second kappa shape index (κ2) is 5.34. The third-order valence-corrected chi connectivity index (χ3v) is 3.59. The second-order valence-electron chi connectivity index (χ2n) is 5.10. The molecule has 96 valence electrons. The van der Waals surface area contributed by atoms with Gasteiger partial charge in [-0.25, -0.2) is 0 Å². The van der Waals surface area contributed by atoms with E-state index in [1.807, 2.05) is 31.2 Å². The van der Waals surface area contributed by atoms with Gasteiger partial charge < -0.3 is 4.90 Å². The van der Waals surface area contributed by atoms with Gasteiger partial charge in [0.25, 0.3) is 0 Å². The lowest BCUT2D eigenvalue weighted by atomic mass is 10.0. The van der Waals surface area contributed by atoms with Gasteiger partial charge in [0, 0.05) is 6.54 Å². The quantitative estimate of drug-likeness (QED) is 0.721. The highest BCUT2D eigenvalue weighted by Crippen LogP contribution is 2.36. The lowest BCUT2D eigenvalue weighted by Gasteiger charge is -2.27. The van der Waals surface area contributed by atoms with Crippen LogP contribution in [0.15, 0.2) is 24.3 Å². The van der Waals surface area contributed by atoms with Crippen molar-refractivity contribution in [1.29, 1.82) is 0 Å². The summed E-state index contributed by atoms with van der Waals surface area (Å²) < 4.78 is 0. The first kappa shape index (κ1) is 12.8. The van der Waals surface area contributed by atoms with E-state index in [4.69, 9.17) is 0 Å². The van der Waals surface area contributed by atoms with Gasteiger partial charge in [-0.2, -0.15) is 0 Å². The standard InChI is InChI=1S/C15H19NO2/c1-11-5-3-4-6-14(11)9-16(10-17)15(12(2)18)13-7-8-13/h3-6,10,13,15H,7-9H2,1-2H3. The lowest BCUT2D eigenvalue weighted by molar-refractivity contribution is -0.131. The number of ketones is 1. The first-order valence-electron chi connectivity index (χ1n) is 6.39. The van der Waals surface area contributed by atoms with E-state index in [2.05, 4.69) is 0 Å². The molecule has 0 saturated heterocycles. The summed E-state index contributed by atoms with van der Waals surface area (Å²) in [5.41, 5.74) is 2.26. The fourth-order valence-electron chi connectivity index (χ4n) is 2.43. The maximum atomic E-state index is 11.7. The number of amides is 1. The van der Waals surface area contributed by atoms with Crippen molar-refractivity contribution in [3.63, 3.8) is 0 Å². The highest BCUT2D eigenvalue weighted by atomic mass is 16.1. The molecule has 0 spiro atoms. The van der Waals surface area contributed by atoms with Crippen LogP contribution in [0.4, 0.5) is 0 Å². The minimum Gasteiger partial charge on any atom is -0.331 e. The molecule has 0 aromatic heterocycles. The van der Waals surface area contributed by atoms with Crippen LogP contribution in [0.5, 0.6) is 0 Å². The van der Waals surface area contributed by atoms with Gasteiger partial charge in [-0.3, -0.25) is 9.59 Å². The summed E-state index contributed by atoms with van der Waals surface area (Å²) in [6.45, 7) is 4.13. The van der Waals surface area contributed by atoms with Crippen LogP contribution in [0.2, 0.25) is 0 Å². The third kappa shape index (κ3) is 2.78. The fraction of sp³-hybridized carbons (Fsp3) is 0.467. The molecule has 0 N–H and O–H groups in total. The number of carbonyl (C=O) groups excluding carboxylic acids is 2. The Labute approximate surface area is 108 Å². The molecule has 1 amide bonds. The molecular weight excluding hydrogens is 226 g/mol. The lowest BCUT2D eigenvalue weighted by Crippen LogP contribution is -2.40. The van der Waals surface area contributed by atoms with Gasteiger partial charge in [-0.15, -0.1) is 0 Å². The summed E-state index contributed by atoms with van der Waals surface area (Å²) in [6.07, 6.45) is 2.93. The number of nitrogens with zero attached hydrogens (tertiary/aromatic N) is 1. The monoisotopic (exact) mass is 245 g/mol. The van der Waals surface area contributed by atoms with Crippen molar-refractivity contribution in [2.45, 2.75) is 39.3 Å². The number of hydrogen-bond donors (Lipinski definition) is 0. The summed E-state index contributed by atoms with van der Waals surface area (Å²) >= 11 is 0. The molecule has 1 aliphatic carbocycles. The van der Waals surface area contributed by atoms with Gasteiger partial charge in [0.15, 0.2) is 5.78 Å². The average Bonchev–Trinajstić information content (AvgIpc) is 3.14. The number of rotatable bonds is 6. The summed E-state index contributed by atoms with van der Waals surface area (Å²) in [4.78, 5) is 24.6. The van der Waals surface area contributed by atoms with E-state index >= 15 is 0 Å². The zero-order valence-corrected chi connectivity index (χ0v) is 10.9. The number of aryl methyl sites for hydroxylation is 1. The van der Waals surface area contributed by atoms with Crippen molar-refractivity contribution < 1.29 is 9.59 Å². The summed E-state index contributed by atoms with van der Waals surface area (Å²) in [7, 11) is 0. The summed E-state index contributed by atoms with van der Waals surface area (Å²) in [6, 6.07) is 7.74. The molecule has 2 rings (SSSR count). The summed E-state index contributed by atoms with van der Waals surface area (Å²) in [5.74, 6) is 0.468. The first-order valence-corrected chi connectivity index (χ1v) is 6.39. The maximum Gasteiger partial charge on any atom is 0.210 e. The molecule has 0 radical (unpaired) electrons. The van der Waals surface area contributed by atoms with Gasteiger partial charge in [-0.1, -0.05) is 24.3 Å². The Morgan fingerprint density at radius 1 is 1.44 bits per heavy atom. The number of benzene rings is 1. The SMILES string of the molecule is CC(=O)C(C1CC1)N(C=O)Cc1ccccc1C. The molecular formula is C15H19NO2. The molecule has 0 aliphatic heterocycles. The van der Waals surface area contributed by atoms with E-state index in [0.717, 1.165) is 30.4 Å². The van der Waals surface area contributed by atoms with E-state index in [9.17, 15) is 9.59 Å². The van der Waals surface area contributed by atoms with Crippen LogP contribution in [-0.2, 0) is 16.1 Å². The number of carbonyl (C=O) groups is 2. The predicted molar refractivity (Wildman–Crippen MR) is 70.0 cm³/mol. The van der Waals surface area contributed by atoms with E-state index in [-0.39, 0.29) is 11.8 Å². The van der Waals surface area contributed by atoms with Gasteiger partial charge in [-0.05, 0) is 43.7 Å². The van der Waals surface area contributed by atoms with Crippen LogP contribution in [0.3, 0.4) is 0 Å². The van der Waals surface area contributed by atoms with Crippen molar-refractivity contribution in [2.75, 3.05) is 0 Å². The van der Waals surface area contributed by atoms with Crippen LogP contribution in [0.25, 0.3) is 0 Å². The average molecular weight is 245 g/mol. The Morgan fingerprint density at radius 3 is 2.61 bits per heavy atom. The van der Waals surface area contributed by atoms with Gasteiger partial charge >= 0.3 is 0 Å². The van der Waals surface area contributed by atoms with Crippen LogP contribution < -0.4 is 0 Å². The topological polar surface area (TPSA) is 37.4 Å². The highest BCUT2D eigenvalue weighted by Gasteiger charge is 2.37. The number of hydrogen-bond acceptors (Lipinski definition) is 2. The predicted octanol–water partition coefficient (Wildman–Crippen LogP) is 2.32. The van der Waals surface area contributed by atoms with Crippen LogP contribution in [-0.4, -0.2) is 23.1 Å². The van der Waals surface area contributed by atoms with E-state index in [0.29, 0.717) is 12.5 Å². The van der Waals surface area contributed by atoms with Gasteiger partial charge in [0.2, 0.25) is 6.41 Å². The third-order valence-electron chi connectivity index (χ3n) is 3.59. The Hall–Kier alpha value is -1.64. The van der Waals surface area contributed by atoms with Crippen molar-refractivity contribution in [3.8, 4) is 0 Å². The Morgan fingerprint density at radius 2 is 2.11 bits per heavy atom. The zero-order chi connectivity index (χ0) is 13.1. The zero-order valence-electron chi connectivity index (χ0n) is 10.9. The molecule has 18 heavy (non-hydrogen) atoms.